The van der Waals surface area contributed by atoms with Crippen molar-refractivity contribution in [1.29, 1.82) is 0 Å². The van der Waals surface area contributed by atoms with Gasteiger partial charge in [0.25, 0.3) is 0 Å². The van der Waals surface area contributed by atoms with Gasteiger partial charge in [-0.3, -0.25) is 4.79 Å². The van der Waals surface area contributed by atoms with Crippen molar-refractivity contribution >= 4 is 5.91 Å². The van der Waals surface area contributed by atoms with Crippen molar-refractivity contribution in [1.82, 2.24) is 5.32 Å². The number of rotatable bonds is 2. The molecule has 72 valence electrons. The number of hydrogen-bond donors (Lipinski definition) is 1. The highest BCUT2D eigenvalue weighted by molar-refractivity contribution is 5.72. The van der Waals surface area contributed by atoms with Gasteiger partial charge in [-0.1, -0.05) is 44.2 Å². The summed E-state index contributed by atoms with van der Waals surface area (Å²) in [4.78, 5) is 10.5. The fourth-order valence-corrected chi connectivity index (χ4v) is 0.822. The number of carbonyl (C=O) groups is 1. The molecule has 0 unspecified atom stereocenters. The van der Waals surface area contributed by atoms with Crippen LogP contribution in [0, 0.1) is 0 Å². The van der Waals surface area contributed by atoms with Gasteiger partial charge in [-0.25, -0.2) is 0 Å². The lowest BCUT2D eigenvalue weighted by Gasteiger charge is -2.00. The van der Waals surface area contributed by atoms with Crippen LogP contribution in [0.1, 0.15) is 26.3 Å². The highest BCUT2D eigenvalue weighted by Gasteiger charge is 1.91. The molecule has 0 aliphatic carbocycles. The maximum Gasteiger partial charge on any atom is 0.217 e. The molecule has 1 rings (SSSR count). The molecular formula is C11H17NO. The Bertz CT molecular complexity index is 231. The van der Waals surface area contributed by atoms with Crippen molar-refractivity contribution in [3.05, 3.63) is 35.9 Å². The topological polar surface area (TPSA) is 29.1 Å². The van der Waals surface area contributed by atoms with Gasteiger partial charge in [-0.15, -0.1) is 0 Å². The highest BCUT2D eigenvalue weighted by Crippen LogP contribution is 1.96. The Kier molecular flexibility index (Phi) is 6.60. The van der Waals surface area contributed by atoms with Gasteiger partial charge in [0.2, 0.25) is 5.91 Å². The van der Waals surface area contributed by atoms with Gasteiger partial charge in [0.15, 0.2) is 0 Å². The van der Waals surface area contributed by atoms with E-state index in [0.29, 0.717) is 6.54 Å². The lowest BCUT2D eigenvalue weighted by Crippen LogP contribution is -2.18. The monoisotopic (exact) mass is 179 g/mol. The predicted molar refractivity (Wildman–Crippen MR) is 55.3 cm³/mol. The average Bonchev–Trinajstić information content (AvgIpc) is 2.19. The van der Waals surface area contributed by atoms with Crippen LogP contribution in [0.15, 0.2) is 30.3 Å². The smallest absolute Gasteiger partial charge is 0.217 e. The van der Waals surface area contributed by atoms with Crippen LogP contribution in [0.3, 0.4) is 0 Å². The van der Waals surface area contributed by atoms with Gasteiger partial charge < -0.3 is 5.32 Å². The van der Waals surface area contributed by atoms with Gasteiger partial charge in [0.1, 0.15) is 0 Å². The molecule has 0 saturated carbocycles. The van der Waals surface area contributed by atoms with E-state index in [-0.39, 0.29) is 5.91 Å². The van der Waals surface area contributed by atoms with Gasteiger partial charge >= 0.3 is 0 Å². The van der Waals surface area contributed by atoms with E-state index in [1.165, 1.54) is 6.92 Å². The van der Waals surface area contributed by atoms with Crippen molar-refractivity contribution in [3.8, 4) is 0 Å². The number of amides is 1. The first kappa shape index (κ1) is 11.7. The van der Waals surface area contributed by atoms with Crippen LogP contribution in [0.2, 0.25) is 0 Å². The summed E-state index contributed by atoms with van der Waals surface area (Å²) < 4.78 is 0. The van der Waals surface area contributed by atoms with E-state index in [0.717, 1.165) is 5.56 Å². The molecule has 0 aliphatic rings. The summed E-state index contributed by atoms with van der Waals surface area (Å²) in [6, 6.07) is 9.83. The van der Waals surface area contributed by atoms with Crippen LogP contribution in [0.4, 0.5) is 0 Å². The SMILES string of the molecule is CC.CC(=O)NCc1ccccc1. The lowest BCUT2D eigenvalue weighted by molar-refractivity contribution is -0.119. The fraction of sp³-hybridized carbons (Fsp3) is 0.364. The number of benzene rings is 1. The third kappa shape index (κ3) is 5.91. The molecule has 1 N–H and O–H groups in total. The first-order valence-corrected chi connectivity index (χ1v) is 4.57. The molecule has 0 atom stereocenters. The lowest BCUT2D eigenvalue weighted by atomic mass is 10.2. The minimum absolute atomic E-state index is 0.00820. The second-order valence-corrected chi connectivity index (χ2v) is 2.40. The standard InChI is InChI=1S/C9H11NO.C2H6/c1-8(11)10-7-9-5-3-2-4-6-9;1-2/h2-6H,7H2,1H3,(H,10,11);1-2H3. The Morgan fingerprint density at radius 2 is 1.77 bits per heavy atom. The summed E-state index contributed by atoms with van der Waals surface area (Å²) >= 11 is 0. The van der Waals surface area contributed by atoms with Crippen molar-refractivity contribution in [2.24, 2.45) is 0 Å². The van der Waals surface area contributed by atoms with E-state index in [2.05, 4.69) is 5.32 Å². The van der Waals surface area contributed by atoms with Crippen LogP contribution >= 0.6 is 0 Å². The Balaban J connectivity index is 0.000000671. The van der Waals surface area contributed by atoms with Gasteiger partial charge in [-0.05, 0) is 5.56 Å². The molecule has 1 aromatic rings. The largest absolute Gasteiger partial charge is 0.352 e. The molecular weight excluding hydrogens is 162 g/mol. The summed E-state index contributed by atoms with van der Waals surface area (Å²) in [6.07, 6.45) is 0. The number of hydrogen-bond acceptors (Lipinski definition) is 1. The Hall–Kier alpha value is -1.31. The maximum absolute atomic E-state index is 10.5. The van der Waals surface area contributed by atoms with E-state index in [4.69, 9.17) is 0 Å². The Labute approximate surface area is 80.0 Å². The summed E-state index contributed by atoms with van der Waals surface area (Å²) in [6.45, 7) is 6.14. The van der Waals surface area contributed by atoms with Crippen molar-refractivity contribution in [2.75, 3.05) is 0 Å². The second kappa shape index (κ2) is 7.35. The molecule has 0 aromatic heterocycles. The molecule has 2 heteroatoms. The van der Waals surface area contributed by atoms with Crippen molar-refractivity contribution < 1.29 is 4.79 Å². The zero-order valence-corrected chi connectivity index (χ0v) is 8.50. The molecule has 0 spiro atoms. The third-order valence-electron chi connectivity index (χ3n) is 1.38. The molecule has 2 nitrogen and oxygen atoms in total. The van der Waals surface area contributed by atoms with Crippen LogP contribution < -0.4 is 5.32 Å². The van der Waals surface area contributed by atoms with Gasteiger partial charge in [-0.2, -0.15) is 0 Å². The van der Waals surface area contributed by atoms with Crippen molar-refractivity contribution in [2.45, 2.75) is 27.3 Å². The van der Waals surface area contributed by atoms with E-state index >= 15 is 0 Å². The number of carbonyl (C=O) groups excluding carboxylic acids is 1. The average molecular weight is 179 g/mol. The number of nitrogens with one attached hydrogen (secondary N) is 1. The summed E-state index contributed by atoms with van der Waals surface area (Å²) in [5, 5.41) is 2.72. The minimum atomic E-state index is 0.00820. The van der Waals surface area contributed by atoms with E-state index in [1.807, 2.05) is 44.2 Å². The maximum atomic E-state index is 10.5. The van der Waals surface area contributed by atoms with E-state index in [9.17, 15) is 4.79 Å². The first-order valence-electron chi connectivity index (χ1n) is 4.57. The van der Waals surface area contributed by atoms with Crippen LogP contribution in [-0.4, -0.2) is 5.91 Å². The minimum Gasteiger partial charge on any atom is -0.352 e. The van der Waals surface area contributed by atoms with E-state index < -0.39 is 0 Å². The first-order chi connectivity index (χ1) is 6.29. The molecule has 0 bridgehead atoms. The summed E-state index contributed by atoms with van der Waals surface area (Å²) in [5.41, 5.74) is 1.13. The zero-order valence-electron chi connectivity index (χ0n) is 8.50. The predicted octanol–water partition coefficient (Wildman–Crippen LogP) is 2.35. The molecule has 0 fully saturated rings. The quantitative estimate of drug-likeness (QED) is 0.741. The van der Waals surface area contributed by atoms with Crippen LogP contribution in [0.5, 0.6) is 0 Å². The highest BCUT2D eigenvalue weighted by atomic mass is 16.1. The Morgan fingerprint density at radius 1 is 1.23 bits per heavy atom. The van der Waals surface area contributed by atoms with E-state index in [1.54, 1.807) is 0 Å². The zero-order chi connectivity index (χ0) is 10.1. The normalized spacial score (nSPS) is 8.23. The summed E-state index contributed by atoms with van der Waals surface area (Å²) in [7, 11) is 0. The molecule has 1 amide bonds. The molecule has 1 aromatic carbocycles. The van der Waals surface area contributed by atoms with Crippen LogP contribution in [0.25, 0.3) is 0 Å². The van der Waals surface area contributed by atoms with Gasteiger partial charge in [0.05, 0.1) is 0 Å². The fourth-order valence-electron chi connectivity index (χ4n) is 0.822. The Morgan fingerprint density at radius 3 is 2.23 bits per heavy atom. The molecule has 0 heterocycles. The van der Waals surface area contributed by atoms with Gasteiger partial charge in [0, 0.05) is 13.5 Å². The molecule has 0 aliphatic heterocycles. The second-order valence-electron chi connectivity index (χ2n) is 2.40. The molecule has 13 heavy (non-hydrogen) atoms. The van der Waals surface area contributed by atoms with Crippen molar-refractivity contribution in [3.63, 3.8) is 0 Å². The molecule has 0 saturated heterocycles. The summed E-state index contributed by atoms with van der Waals surface area (Å²) in [5.74, 6) is 0.00820. The third-order valence-corrected chi connectivity index (χ3v) is 1.38. The van der Waals surface area contributed by atoms with Crippen LogP contribution in [-0.2, 0) is 11.3 Å². The molecule has 0 radical (unpaired) electrons.